The van der Waals surface area contributed by atoms with Crippen molar-refractivity contribution in [2.45, 2.75) is 103 Å². The van der Waals surface area contributed by atoms with Crippen molar-refractivity contribution in [1.82, 2.24) is 0 Å². The molecular formula is C27H42O5. The van der Waals surface area contributed by atoms with Crippen LogP contribution in [0.1, 0.15) is 79.6 Å². The van der Waals surface area contributed by atoms with Crippen LogP contribution >= 0.6 is 0 Å². The van der Waals surface area contributed by atoms with Crippen LogP contribution in [0.2, 0.25) is 0 Å². The number of rotatable bonds is 5. The van der Waals surface area contributed by atoms with Crippen LogP contribution in [0.3, 0.4) is 0 Å². The third kappa shape index (κ3) is 5.73. The minimum absolute atomic E-state index is 0.00126. The second kappa shape index (κ2) is 9.82. The van der Waals surface area contributed by atoms with E-state index in [-0.39, 0.29) is 24.1 Å². The molecule has 0 aromatic carbocycles. The zero-order valence-corrected chi connectivity index (χ0v) is 20.5. The van der Waals surface area contributed by atoms with Crippen molar-refractivity contribution >= 4 is 5.97 Å². The fraction of sp³-hybridized carbons (Fsp3) is 0.741. The maximum absolute atomic E-state index is 12.1. The SMILES string of the molecule is C=C1/C(=C\C=C2/CCC[C@]3(C)[C@@H](C(C)OCC(=O)OC(C)(C)C)CC[C@@H]23)C[C@@H](O)C[C@@H]1O. The van der Waals surface area contributed by atoms with Gasteiger partial charge in [0.05, 0.1) is 18.3 Å². The highest BCUT2D eigenvalue weighted by molar-refractivity contribution is 5.71. The Morgan fingerprint density at radius 1 is 1.28 bits per heavy atom. The highest BCUT2D eigenvalue weighted by atomic mass is 16.6. The topological polar surface area (TPSA) is 76.0 Å². The second-order valence-electron chi connectivity index (χ2n) is 11.3. The average Bonchev–Trinajstić information content (AvgIpc) is 3.04. The lowest BCUT2D eigenvalue weighted by Crippen LogP contribution is -2.39. The standard InChI is InChI=1S/C27H42O5/c1-17-20(14-21(28)15-24(17)29)10-9-19-8-7-13-27(6)22(11-12-23(19)27)18(2)31-16-25(30)32-26(3,4)5/h9-10,18,21-24,28-29H,1,7-8,11-16H2,2-6H3/b19-9+,20-10-/t18?,21-,22-,23+,24+,27-/m1/s1. The van der Waals surface area contributed by atoms with Gasteiger partial charge in [-0.3, -0.25) is 0 Å². The van der Waals surface area contributed by atoms with Gasteiger partial charge in [-0.05, 0) is 94.6 Å². The number of fused-ring (bicyclic) bond motifs is 1. The summed E-state index contributed by atoms with van der Waals surface area (Å²) in [6, 6.07) is 0. The number of aliphatic hydroxyl groups excluding tert-OH is 2. The first-order valence-corrected chi connectivity index (χ1v) is 12.2. The summed E-state index contributed by atoms with van der Waals surface area (Å²) >= 11 is 0. The van der Waals surface area contributed by atoms with E-state index in [4.69, 9.17) is 9.47 Å². The molecule has 0 aromatic heterocycles. The normalized spacial score (nSPS) is 36.9. The highest BCUT2D eigenvalue weighted by Gasteiger charge is 2.51. The van der Waals surface area contributed by atoms with Gasteiger partial charge in [0.25, 0.3) is 0 Å². The number of allylic oxidation sites excluding steroid dienone is 3. The fourth-order valence-electron chi connectivity index (χ4n) is 6.20. The lowest BCUT2D eigenvalue weighted by molar-refractivity contribution is -0.164. The van der Waals surface area contributed by atoms with Crippen molar-refractivity contribution in [2.75, 3.05) is 6.61 Å². The summed E-state index contributed by atoms with van der Waals surface area (Å²) in [4.78, 5) is 12.1. The van der Waals surface area contributed by atoms with E-state index in [1.807, 2.05) is 20.8 Å². The van der Waals surface area contributed by atoms with Gasteiger partial charge in [0.2, 0.25) is 0 Å². The number of aliphatic hydroxyl groups is 2. The predicted octanol–water partition coefficient (Wildman–Crippen LogP) is 4.87. The number of hydrogen-bond donors (Lipinski definition) is 2. The Hall–Kier alpha value is -1.43. The van der Waals surface area contributed by atoms with Gasteiger partial charge in [-0.15, -0.1) is 0 Å². The molecule has 1 unspecified atom stereocenters. The van der Waals surface area contributed by atoms with E-state index in [0.717, 1.165) is 36.8 Å². The molecule has 3 aliphatic carbocycles. The molecule has 3 aliphatic rings. The number of hydrogen-bond acceptors (Lipinski definition) is 5. The third-order valence-electron chi connectivity index (χ3n) is 7.75. The van der Waals surface area contributed by atoms with Gasteiger partial charge in [-0.2, -0.15) is 0 Å². The zero-order chi connectivity index (χ0) is 23.7. The Morgan fingerprint density at radius 2 is 2.00 bits per heavy atom. The number of esters is 1. The van der Waals surface area contributed by atoms with Crippen LogP contribution in [0.5, 0.6) is 0 Å². The quantitative estimate of drug-likeness (QED) is 0.589. The summed E-state index contributed by atoms with van der Waals surface area (Å²) in [6.07, 6.45) is 9.68. The van der Waals surface area contributed by atoms with Crippen LogP contribution in [0.4, 0.5) is 0 Å². The summed E-state index contributed by atoms with van der Waals surface area (Å²) in [5.41, 5.74) is 2.80. The monoisotopic (exact) mass is 446 g/mol. The summed E-state index contributed by atoms with van der Waals surface area (Å²) in [7, 11) is 0. The van der Waals surface area contributed by atoms with Crippen LogP contribution in [0.15, 0.2) is 35.5 Å². The molecule has 0 saturated heterocycles. The lowest BCUT2D eigenvalue weighted by Gasteiger charge is -2.44. The molecule has 3 rings (SSSR count). The maximum atomic E-state index is 12.1. The molecule has 0 spiro atoms. The molecule has 0 amide bonds. The molecular weight excluding hydrogens is 404 g/mol. The summed E-state index contributed by atoms with van der Waals surface area (Å²) in [5.74, 6) is 0.592. The molecule has 0 heterocycles. The number of carbonyl (C=O) groups excluding carboxylic acids is 1. The first-order valence-electron chi connectivity index (χ1n) is 12.2. The van der Waals surface area contributed by atoms with Crippen molar-refractivity contribution in [3.05, 3.63) is 35.5 Å². The van der Waals surface area contributed by atoms with Crippen molar-refractivity contribution in [3.63, 3.8) is 0 Å². The molecule has 6 atom stereocenters. The molecule has 0 aliphatic heterocycles. The van der Waals surface area contributed by atoms with E-state index in [1.54, 1.807) is 0 Å². The second-order valence-corrected chi connectivity index (χ2v) is 11.3. The lowest BCUT2D eigenvalue weighted by atomic mass is 9.62. The van der Waals surface area contributed by atoms with Crippen LogP contribution in [0, 0.1) is 17.3 Å². The summed E-state index contributed by atoms with van der Waals surface area (Å²) in [5, 5.41) is 20.2. The van der Waals surface area contributed by atoms with E-state index in [2.05, 4.69) is 32.6 Å². The average molecular weight is 447 g/mol. The van der Waals surface area contributed by atoms with Crippen LogP contribution in [0.25, 0.3) is 0 Å². The molecule has 2 N–H and O–H groups in total. The number of carbonyl (C=O) groups is 1. The van der Waals surface area contributed by atoms with Crippen LogP contribution in [-0.4, -0.2) is 46.7 Å². The van der Waals surface area contributed by atoms with E-state index < -0.39 is 17.8 Å². The zero-order valence-electron chi connectivity index (χ0n) is 20.5. The highest BCUT2D eigenvalue weighted by Crippen LogP contribution is 2.58. The molecule has 0 radical (unpaired) electrons. The molecule has 0 aromatic rings. The van der Waals surface area contributed by atoms with Crippen LogP contribution in [-0.2, 0) is 14.3 Å². The van der Waals surface area contributed by atoms with Gasteiger partial charge < -0.3 is 19.7 Å². The Labute approximate surface area is 193 Å². The Balaban J connectivity index is 1.68. The molecule has 180 valence electrons. The largest absolute Gasteiger partial charge is 0.458 e. The minimum Gasteiger partial charge on any atom is -0.458 e. The molecule has 5 nitrogen and oxygen atoms in total. The van der Waals surface area contributed by atoms with Gasteiger partial charge in [0, 0.05) is 6.42 Å². The predicted molar refractivity (Wildman–Crippen MR) is 126 cm³/mol. The van der Waals surface area contributed by atoms with Crippen molar-refractivity contribution in [1.29, 1.82) is 0 Å². The molecule has 3 saturated carbocycles. The first kappa shape index (κ1) is 25.2. The van der Waals surface area contributed by atoms with Gasteiger partial charge in [-0.25, -0.2) is 4.79 Å². The molecule has 5 heteroatoms. The maximum Gasteiger partial charge on any atom is 0.332 e. The van der Waals surface area contributed by atoms with E-state index >= 15 is 0 Å². The minimum atomic E-state index is -0.654. The first-order chi connectivity index (χ1) is 14.9. The van der Waals surface area contributed by atoms with E-state index in [9.17, 15) is 15.0 Å². The van der Waals surface area contributed by atoms with Crippen LogP contribution < -0.4 is 0 Å². The van der Waals surface area contributed by atoms with Crippen molar-refractivity contribution < 1.29 is 24.5 Å². The van der Waals surface area contributed by atoms with Crippen molar-refractivity contribution in [3.8, 4) is 0 Å². The molecule has 32 heavy (non-hydrogen) atoms. The van der Waals surface area contributed by atoms with Crippen molar-refractivity contribution in [2.24, 2.45) is 17.3 Å². The third-order valence-corrected chi connectivity index (χ3v) is 7.75. The Kier molecular flexibility index (Phi) is 7.73. The Bertz CT molecular complexity index is 773. The van der Waals surface area contributed by atoms with Gasteiger partial charge in [0.1, 0.15) is 12.2 Å². The van der Waals surface area contributed by atoms with Gasteiger partial charge >= 0.3 is 5.97 Å². The summed E-state index contributed by atoms with van der Waals surface area (Å²) in [6.45, 7) is 14.1. The fourth-order valence-corrected chi connectivity index (χ4v) is 6.20. The van der Waals surface area contributed by atoms with Gasteiger partial charge in [0.15, 0.2) is 0 Å². The van der Waals surface area contributed by atoms with Gasteiger partial charge in [-0.1, -0.05) is 31.2 Å². The Morgan fingerprint density at radius 3 is 2.69 bits per heavy atom. The van der Waals surface area contributed by atoms with E-state index in [1.165, 1.54) is 12.0 Å². The van der Waals surface area contributed by atoms with E-state index in [0.29, 0.717) is 24.7 Å². The molecule has 0 bridgehead atoms. The molecule has 3 fully saturated rings. The smallest absolute Gasteiger partial charge is 0.332 e. The summed E-state index contributed by atoms with van der Waals surface area (Å²) < 4.78 is 11.4. The number of ether oxygens (including phenoxy) is 2.